The largest absolute Gasteiger partial charge is 0.369 e. The summed E-state index contributed by atoms with van der Waals surface area (Å²) in [6, 6.07) is 3.96. The SMILES string of the molecule is CSC1(CNc2ccc3nccnc3n2)CCCC1. The fourth-order valence-corrected chi connectivity index (χ4v) is 3.59. The van der Waals surface area contributed by atoms with Gasteiger partial charge in [-0.2, -0.15) is 11.8 Å². The van der Waals surface area contributed by atoms with E-state index in [1.54, 1.807) is 12.4 Å². The molecule has 1 N–H and O–H groups in total. The highest BCUT2D eigenvalue weighted by atomic mass is 32.2. The minimum absolute atomic E-state index is 0.388. The number of fused-ring (bicyclic) bond motifs is 1. The minimum Gasteiger partial charge on any atom is -0.369 e. The number of thioether (sulfide) groups is 1. The van der Waals surface area contributed by atoms with E-state index in [0.717, 1.165) is 17.9 Å². The van der Waals surface area contributed by atoms with Gasteiger partial charge in [0.2, 0.25) is 0 Å². The van der Waals surface area contributed by atoms with E-state index in [9.17, 15) is 0 Å². The van der Waals surface area contributed by atoms with Crippen LogP contribution in [0.5, 0.6) is 0 Å². The molecular weight excluding hydrogens is 256 g/mol. The predicted molar refractivity (Wildman–Crippen MR) is 80.5 cm³/mol. The van der Waals surface area contributed by atoms with Gasteiger partial charge in [-0.1, -0.05) is 12.8 Å². The lowest BCUT2D eigenvalue weighted by Crippen LogP contribution is -2.30. The first kappa shape index (κ1) is 12.7. The summed E-state index contributed by atoms with van der Waals surface area (Å²) >= 11 is 1.98. The first-order valence-corrected chi connectivity index (χ1v) is 7.91. The fourth-order valence-electron chi connectivity index (χ4n) is 2.68. The second-order valence-electron chi connectivity index (χ2n) is 5.04. The second kappa shape index (κ2) is 5.33. The van der Waals surface area contributed by atoms with Crippen molar-refractivity contribution in [3.05, 3.63) is 24.5 Å². The average Bonchev–Trinajstić information content (AvgIpc) is 2.94. The Morgan fingerprint density at radius 3 is 2.79 bits per heavy atom. The lowest BCUT2D eigenvalue weighted by atomic mass is 10.1. The summed E-state index contributed by atoms with van der Waals surface area (Å²) in [7, 11) is 0. The van der Waals surface area contributed by atoms with Gasteiger partial charge in [0.1, 0.15) is 11.3 Å². The van der Waals surface area contributed by atoms with Crippen LogP contribution >= 0.6 is 11.8 Å². The van der Waals surface area contributed by atoms with Gasteiger partial charge in [-0.25, -0.2) is 9.97 Å². The smallest absolute Gasteiger partial charge is 0.180 e. The van der Waals surface area contributed by atoms with Gasteiger partial charge >= 0.3 is 0 Å². The molecule has 100 valence electrons. The van der Waals surface area contributed by atoms with Crippen LogP contribution in [0.1, 0.15) is 25.7 Å². The number of anilines is 1. The van der Waals surface area contributed by atoms with Crippen LogP contribution in [0.4, 0.5) is 5.82 Å². The van der Waals surface area contributed by atoms with Gasteiger partial charge in [-0.05, 0) is 31.2 Å². The molecular formula is C14H18N4S. The third-order valence-corrected chi connectivity index (χ3v) is 5.29. The molecule has 5 heteroatoms. The monoisotopic (exact) mass is 274 g/mol. The molecule has 3 rings (SSSR count). The highest BCUT2D eigenvalue weighted by molar-refractivity contribution is 8.00. The van der Waals surface area contributed by atoms with E-state index in [0.29, 0.717) is 10.4 Å². The lowest BCUT2D eigenvalue weighted by molar-refractivity contribution is 0.639. The van der Waals surface area contributed by atoms with Crippen molar-refractivity contribution in [1.29, 1.82) is 0 Å². The van der Waals surface area contributed by atoms with Crippen LogP contribution in [0.15, 0.2) is 24.5 Å². The quantitative estimate of drug-likeness (QED) is 0.928. The van der Waals surface area contributed by atoms with Crippen molar-refractivity contribution in [2.24, 2.45) is 0 Å². The number of aromatic nitrogens is 3. The zero-order valence-electron chi connectivity index (χ0n) is 11.1. The molecule has 0 bridgehead atoms. The van der Waals surface area contributed by atoms with Crippen molar-refractivity contribution in [1.82, 2.24) is 15.0 Å². The van der Waals surface area contributed by atoms with E-state index in [-0.39, 0.29) is 0 Å². The maximum Gasteiger partial charge on any atom is 0.180 e. The van der Waals surface area contributed by atoms with Crippen LogP contribution < -0.4 is 5.32 Å². The number of nitrogens with one attached hydrogen (secondary N) is 1. The Bertz CT molecular complexity index is 566. The van der Waals surface area contributed by atoms with Crippen molar-refractivity contribution in [2.75, 3.05) is 18.1 Å². The molecule has 2 heterocycles. The second-order valence-corrected chi connectivity index (χ2v) is 6.32. The molecule has 2 aromatic heterocycles. The third kappa shape index (κ3) is 2.66. The van der Waals surface area contributed by atoms with Crippen LogP contribution in [0.25, 0.3) is 11.2 Å². The summed E-state index contributed by atoms with van der Waals surface area (Å²) in [6.45, 7) is 0.979. The minimum atomic E-state index is 0.388. The van der Waals surface area contributed by atoms with Crippen molar-refractivity contribution >= 4 is 28.7 Å². The summed E-state index contributed by atoms with van der Waals surface area (Å²) in [6.07, 6.45) is 10.9. The fraction of sp³-hybridized carbons (Fsp3) is 0.500. The highest BCUT2D eigenvalue weighted by Gasteiger charge is 2.32. The number of hydrogen-bond donors (Lipinski definition) is 1. The molecule has 0 saturated heterocycles. The predicted octanol–water partition coefficient (Wildman–Crippen LogP) is 3.11. The molecule has 1 aliphatic rings. The van der Waals surface area contributed by atoms with Crippen LogP contribution in [-0.2, 0) is 0 Å². The number of rotatable bonds is 4. The topological polar surface area (TPSA) is 50.7 Å². The molecule has 0 atom stereocenters. The van der Waals surface area contributed by atoms with E-state index >= 15 is 0 Å². The van der Waals surface area contributed by atoms with Gasteiger partial charge in [0.15, 0.2) is 5.65 Å². The molecule has 19 heavy (non-hydrogen) atoms. The van der Waals surface area contributed by atoms with E-state index in [4.69, 9.17) is 0 Å². The van der Waals surface area contributed by atoms with Crippen LogP contribution in [0.2, 0.25) is 0 Å². The van der Waals surface area contributed by atoms with Crippen LogP contribution in [-0.4, -0.2) is 32.5 Å². The Balaban J connectivity index is 1.74. The molecule has 0 amide bonds. The number of nitrogens with zero attached hydrogens (tertiary/aromatic N) is 3. The summed E-state index contributed by atoms with van der Waals surface area (Å²) in [5.74, 6) is 0.897. The van der Waals surface area contributed by atoms with E-state index in [2.05, 4.69) is 26.5 Å². The molecule has 1 fully saturated rings. The van der Waals surface area contributed by atoms with E-state index in [1.807, 2.05) is 23.9 Å². The first-order chi connectivity index (χ1) is 9.31. The Hall–Kier alpha value is -1.36. The Morgan fingerprint density at radius 1 is 1.21 bits per heavy atom. The molecule has 0 spiro atoms. The molecule has 2 aromatic rings. The molecule has 1 saturated carbocycles. The lowest BCUT2D eigenvalue weighted by Gasteiger charge is -2.27. The van der Waals surface area contributed by atoms with E-state index in [1.165, 1.54) is 25.7 Å². The highest BCUT2D eigenvalue weighted by Crippen LogP contribution is 2.40. The van der Waals surface area contributed by atoms with Crippen LogP contribution in [0, 0.1) is 0 Å². The first-order valence-electron chi connectivity index (χ1n) is 6.68. The summed E-state index contributed by atoms with van der Waals surface area (Å²) in [5.41, 5.74) is 1.55. The number of hydrogen-bond acceptors (Lipinski definition) is 5. The van der Waals surface area contributed by atoms with Gasteiger partial charge < -0.3 is 5.32 Å². The molecule has 4 nitrogen and oxygen atoms in total. The normalized spacial score (nSPS) is 17.7. The zero-order valence-corrected chi connectivity index (χ0v) is 11.9. The third-order valence-electron chi connectivity index (χ3n) is 3.87. The molecule has 0 aromatic carbocycles. The van der Waals surface area contributed by atoms with Gasteiger partial charge in [-0.15, -0.1) is 0 Å². The van der Waals surface area contributed by atoms with Crippen molar-refractivity contribution < 1.29 is 0 Å². The summed E-state index contributed by atoms with van der Waals surface area (Å²) < 4.78 is 0.388. The van der Waals surface area contributed by atoms with Crippen molar-refractivity contribution in [2.45, 2.75) is 30.4 Å². The van der Waals surface area contributed by atoms with E-state index < -0.39 is 0 Å². The van der Waals surface area contributed by atoms with Gasteiger partial charge in [-0.3, -0.25) is 4.98 Å². The average molecular weight is 274 g/mol. The van der Waals surface area contributed by atoms with Crippen LogP contribution in [0.3, 0.4) is 0 Å². The molecule has 0 unspecified atom stereocenters. The van der Waals surface area contributed by atoms with Gasteiger partial charge in [0, 0.05) is 23.7 Å². The Kier molecular flexibility index (Phi) is 3.55. The maximum atomic E-state index is 4.51. The summed E-state index contributed by atoms with van der Waals surface area (Å²) in [4.78, 5) is 13.0. The van der Waals surface area contributed by atoms with Gasteiger partial charge in [0.25, 0.3) is 0 Å². The Labute approximate surface area is 117 Å². The summed E-state index contributed by atoms with van der Waals surface area (Å²) in [5, 5.41) is 3.47. The van der Waals surface area contributed by atoms with Gasteiger partial charge in [0.05, 0.1) is 0 Å². The maximum absolute atomic E-state index is 4.51. The van der Waals surface area contributed by atoms with Crippen molar-refractivity contribution in [3.63, 3.8) is 0 Å². The van der Waals surface area contributed by atoms with Crippen molar-refractivity contribution in [3.8, 4) is 0 Å². The standard InChI is InChI=1S/C14H18N4S/c1-19-14(6-2-3-7-14)10-17-12-5-4-11-13(18-12)16-9-8-15-11/h4-5,8-9H,2-3,6-7,10H2,1H3,(H,16,17,18). The molecule has 0 radical (unpaired) electrons. The zero-order chi connectivity index (χ0) is 13.1. The number of pyridine rings is 1. The Morgan fingerprint density at radius 2 is 2.00 bits per heavy atom. The molecule has 0 aliphatic heterocycles. The molecule has 1 aliphatic carbocycles.